The Kier molecular flexibility index (Phi) is 6.80. The Balaban J connectivity index is 1.49. The highest BCUT2D eigenvalue weighted by atomic mass is 16.8. The zero-order valence-electron chi connectivity index (χ0n) is 20.0. The van der Waals surface area contributed by atoms with Crippen LogP contribution in [-0.2, 0) is 20.8 Å². The number of hydrogen-bond donors (Lipinski definition) is 2. The first-order valence-electron chi connectivity index (χ1n) is 11.5. The number of carboxylic acids is 1. The molecule has 0 fully saturated rings. The minimum atomic E-state index is -1.15. The van der Waals surface area contributed by atoms with Crippen LogP contribution in [0.25, 0.3) is 11.1 Å². The molecule has 0 aliphatic heterocycles. The van der Waals surface area contributed by atoms with Crippen molar-refractivity contribution in [3.05, 3.63) is 89.5 Å². The highest BCUT2D eigenvalue weighted by Crippen LogP contribution is 2.44. The van der Waals surface area contributed by atoms with Crippen molar-refractivity contribution in [1.82, 2.24) is 5.06 Å². The van der Waals surface area contributed by atoms with Crippen molar-refractivity contribution in [2.75, 3.05) is 6.61 Å². The van der Waals surface area contributed by atoms with Gasteiger partial charge in [0.25, 0.3) is 0 Å². The molecule has 0 bridgehead atoms. The van der Waals surface area contributed by atoms with Crippen molar-refractivity contribution in [2.45, 2.75) is 44.7 Å². The summed E-state index contributed by atoms with van der Waals surface area (Å²) >= 11 is 0. The van der Waals surface area contributed by atoms with E-state index in [-0.39, 0.29) is 24.7 Å². The van der Waals surface area contributed by atoms with E-state index in [0.29, 0.717) is 5.56 Å². The monoisotopic (exact) mass is 475 g/mol. The maximum atomic E-state index is 12.8. The number of carbonyl (C=O) groups excluding carboxylic acids is 1. The summed E-state index contributed by atoms with van der Waals surface area (Å²) in [5, 5.41) is 20.6. The van der Waals surface area contributed by atoms with Crippen LogP contribution in [0.1, 0.15) is 43.4 Å². The summed E-state index contributed by atoms with van der Waals surface area (Å²) in [7, 11) is 0. The first-order valence-corrected chi connectivity index (χ1v) is 11.5. The van der Waals surface area contributed by atoms with E-state index in [1.807, 2.05) is 36.4 Å². The van der Waals surface area contributed by atoms with Crippen LogP contribution >= 0.6 is 0 Å². The molecule has 0 saturated carbocycles. The van der Waals surface area contributed by atoms with Crippen molar-refractivity contribution >= 4 is 12.1 Å². The molecule has 1 aliphatic rings. The Morgan fingerprint density at radius 3 is 1.97 bits per heavy atom. The molecule has 0 heterocycles. The lowest BCUT2D eigenvalue weighted by Gasteiger charge is -2.37. The lowest BCUT2D eigenvalue weighted by Crippen LogP contribution is -2.53. The second-order valence-corrected chi connectivity index (χ2v) is 9.60. The van der Waals surface area contributed by atoms with Crippen LogP contribution in [0.15, 0.2) is 72.8 Å². The quantitative estimate of drug-likeness (QED) is 0.350. The van der Waals surface area contributed by atoms with Crippen molar-refractivity contribution in [1.29, 1.82) is 0 Å². The summed E-state index contributed by atoms with van der Waals surface area (Å²) in [6.07, 6.45) is -0.887. The van der Waals surface area contributed by atoms with Crippen molar-refractivity contribution in [3.63, 3.8) is 0 Å². The molecule has 0 saturated heterocycles. The molecule has 2 N–H and O–H groups in total. The Morgan fingerprint density at radius 1 is 0.914 bits per heavy atom. The maximum absolute atomic E-state index is 12.8. The van der Waals surface area contributed by atoms with Gasteiger partial charge in [0.1, 0.15) is 18.4 Å². The molecule has 1 aliphatic carbocycles. The number of aliphatic carboxylic acids is 1. The molecule has 182 valence electrons. The SMILES string of the molecule is CC(C)(C)N(OC(=O)OCC1c2ccccc2-c2ccccc21)[C@@H](Cc1ccc(O)cc1)C(=O)O. The first-order chi connectivity index (χ1) is 16.6. The average Bonchev–Trinajstić information content (AvgIpc) is 3.14. The number of phenolic OH excluding ortho intramolecular Hbond substituents is 1. The normalized spacial score (nSPS) is 13.7. The van der Waals surface area contributed by atoms with E-state index in [9.17, 15) is 19.8 Å². The largest absolute Gasteiger partial charge is 0.527 e. The van der Waals surface area contributed by atoms with Gasteiger partial charge in [0.15, 0.2) is 0 Å². The summed E-state index contributed by atoms with van der Waals surface area (Å²) in [5.74, 6) is -1.19. The number of phenols is 1. The molecule has 0 spiro atoms. The predicted octanol–water partition coefficient (Wildman–Crippen LogP) is 5.37. The number of rotatable bonds is 7. The number of carbonyl (C=O) groups is 2. The van der Waals surface area contributed by atoms with Gasteiger partial charge in [-0.3, -0.25) is 4.79 Å². The smallest absolute Gasteiger partial charge is 0.508 e. The Labute approximate surface area is 204 Å². The van der Waals surface area contributed by atoms with E-state index >= 15 is 0 Å². The van der Waals surface area contributed by atoms with Crippen LogP contribution in [0.4, 0.5) is 4.79 Å². The van der Waals surface area contributed by atoms with Crippen molar-refractivity contribution in [2.24, 2.45) is 0 Å². The zero-order chi connectivity index (χ0) is 25.2. The van der Waals surface area contributed by atoms with Gasteiger partial charge in [-0.15, -0.1) is 5.06 Å². The van der Waals surface area contributed by atoms with Crippen LogP contribution in [-0.4, -0.2) is 45.6 Å². The van der Waals surface area contributed by atoms with E-state index < -0.39 is 23.7 Å². The summed E-state index contributed by atoms with van der Waals surface area (Å²) < 4.78 is 5.53. The van der Waals surface area contributed by atoms with Gasteiger partial charge in [0.05, 0.1) is 0 Å². The van der Waals surface area contributed by atoms with Gasteiger partial charge in [-0.25, -0.2) is 4.79 Å². The average molecular weight is 476 g/mol. The minimum Gasteiger partial charge on any atom is -0.508 e. The van der Waals surface area contributed by atoms with Crippen molar-refractivity contribution < 1.29 is 29.4 Å². The molecular formula is C28H29NO6. The molecule has 7 heteroatoms. The second-order valence-electron chi connectivity index (χ2n) is 9.60. The molecule has 0 unspecified atom stereocenters. The third-order valence-electron chi connectivity index (χ3n) is 6.10. The fourth-order valence-electron chi connectivity index (χ4n) is 4.49. The highest BCUT2D eigenvalue weighted by molar-refractivity contribution is 5.79. The molecule has 1 atom stereocenters. The highest BCUT2D eigenvalue weighted by Gasteiger charge is 2.38. The molecule has 4 rings (SSSR count). The zero-order valence-corrected chi connectivity index (χ0v) is 20.0. The Bertz CT molecular complexity index is 1170. The van der Waals surface area contributed by atoms with Gasteiger partial charge in [-0.2, -0.15) is 0 Å². The van der Waals surface area contributed by atoms with Crippen LogP contribution < -0.4 is 0 Å². The van der Waals surface area contributed by atoms with Gasteiger partial charge in [-0.05, 0) is 60.7 Å². The predicted molar refractivity (Wildman–Crippen MR) is 131 cm³/mol. The number of benzene rings is 3. The first kappa shape index (κ1) is 24.3. The molecule has 0 aromatic heterocycles. The van der Waals surface area contributed by atoms with Crippen LogP contribution in [0.3, 0.4) is 0 Å². The second kappa shape index (κ2) is 9.80. The summed E-state index contributed by atoms with van der Waals surface area (Å²) in [5.41, 5.74) is 4.24. The van der Waals surface area contributed by atoms with Crippen LogP contribution in [0, 0.1) is 0 Å². The number of nitrogens with zero attached hydrogens (tertiary/aromatic N) is 1. The fraction of sp³-hybridized carbons (Fsp3) is 0.286. The van der Waals surface area contributed by atoms with Crippen molar-refractivity contribution in [3.8, 4) is 16.9 Å². The number of ether oxygens (including phenoxy) is 1. The standard InChI is InChI=1S/C28H29NO6/c1-28(2,3)29(25(26(31)32)16-18-12-14-19(30)15-13-18)35-27(33)34-17-24-22-10-6-4-8-20(22)21-9-5-7-11-23(21)24/h4-15,24-25,30H,16-17H2,1-3H3,(H,31,32)/t25-/m0/s1. The number of hydrogen-bond acceptors (Lipinski definition) is 6. The molecule has 35 heavy (non-hydrogen) atoms. The summed E-state index contributed by atoms with van der Waals surface area (Å²) in [6.45, 7) is 5.35. The Morgan fingerprint density at radius 2 is 1.46 bits per heavy atom. The molecule has 0 radical (unpaired) electrons. The molecule has 3 aromatic carbocycles. The van der Waals surface area contributed by atoms with E-state index in [1.165, 1.54) is 17.2 Å². The topological polar surface area (TPSA) is 96.3 Å². The van der Waals surface area contributed by atoms with Gasteiger partial charge < -0.3 is 19.8 Å². The van der Waals surface area contributed by atoms with Gasteiger partial charge in [-0.1, -0.05) is 60.7 Å². The minimum absolute atomic E-state index is 0.0700. The van der Waals surface area contributed by atoms with Crippen LogP contribution in [0.2, 0.25) is 0 Å². The molecule has 0 amide bonds. The number of carboxylic acid groups (broad SMARTS) is 1. The number of fused-ring (bicyclic) bond motifs is 3. The Hall–Kier alpha value is -3.84. The molecule has 7 nitrogen and oxygen atoms in total. The molecule has 3 aromatic rings. The number of hydroxylamine groups is 2. The lowest BCUT2D eigenvalue weighted by atomic mass is 9.98. The van der Waals surface area contributed by atoms with Gasteiger partial charge in [0, 0.05) is 17.9 Å². The van der Waals surface area contributed by atoms with Gasteiger partial charge >= 0.3 is 12.1 Å². The fourth-order valence-corrected chi connectivity index (χ4v) is 4.49. The van der Waals surface area contributed by atoms with E-state index in [0.717, 1.165) is 22.3 Å². The molecular weight excluding hydrogens is 446 g/mol. The van der Waals surface area contributed by atoms with E-state index in [2.05, 4.69) is 12.1 Å². The van der Waals surface area contributed by atoms with E-state index in [1.54, 1.807) is 32.9 Å². The third kappa shape index (κ3) is 5.30. The lowest BCUT2D eigenvalue weighted by molar-refractivity contribution is -0.211. The maximum Gasteiger partial charge on any atom is 0.527 e. The number of aromatic hydroxyl groups is 1. The third-order valence-corrected chi connectivity index (χ3v) is 6.10. The van der Waals surface area contributed by atoms with Gasteiger partial charge in [0.2, 0.25) is 0 Å². The summed E-state index contributed by atoms with van der Waals surface area (Å²) in [4.78, 5) is 30.5. The van der Waals surface area contributed by atoms with Crippen LogP contribution in [0.5, 0.6) is 5.75 Å². The van der Waals surface area contributed by atoms with E-state index in [4.69, 9.17) is 9.57 Å². The summed E-state index contributed by atoms with van der Waals surface area (Å²) in [6, 6.07) is 21.1.